The minimum atomic E-state index is -3.41. The Bertz CT molecular complexity index is 675. The molecule has 0 bridgehead atoms. The van der Waals surface area contributed by atoms with Gasteiger partial charge in [-0.1, -0.05) is 41.6 Å². The molecule has 0 aliphatic carbocycles. The van der Waals surface area contributed by atoms with Gasteiger partial charge in [0.2, 0.25) is 0 Å². The summed E-state index contributed by atoms with van der Waals surface area (Å²) in [6, 6.07) is 9.75. The lowest BCUT2D eigenvalue weighted by Crippen LogP contribution is -2.07. The van der Waals surface area contributed by atoms with Crippen LogP contribution in [-0.4, -0.2) is 24.6 Å². The fraction of sp³-hybridized carbons (Fsp3) is 0.167. The number of nitrogens with zero attached hydrogens (tertiary/aromatic N) is 2. The molecule has 100 valence electrons. The number of rotatable bonds is 4. The Morgan fingerprint density at radius 1 is 1.21 bits per heavy atom. The zero-order chi connectivity index (χ0) is 13.9. The molecule has 0 saturated carbocycles. The summed E-state index contributed by atoms with van der Waals surface area (Å²) in [5, 5.41) is 0.711. The average Bonchev–Trinajstić information content (AvgIpc) is 2.38. The first kappa shape index (κ1) is 14.3. The van der Waals surface area contributed by atoms with Crippen molar-refractivity contribution >= 4 is 33.2 Å². The maximum Gasteiger partial charge on any atom is 0.188 e. The van der Waals surface area contributed by atoms with Gasteiger partial charge in [-0.05, 0) is 24.5 Å². The van der Waals surface area contributed by atoms with Gasteiger partial charge in [0.1, 0.15) is 5.15 Å². The third-order valence-corrected chi connectivity index (χ3v) is 4.76. The molecule has 1 heterocycles. The first-order valence-electron chi connectivity index (χ1n) is 5.36. The van der Waals surface area contributed by atoms with Crippen LogP contribution in [0.1, 0.15) is 5.69 Å². The van der Waals surface area contributed by atoms with Crippen LogP contribution in [0, 0.1) is 0 Å². The summed E-state index contributed by atoms with van der Waals surface area (Å²) in [5.74, 6) is -0.188. The molecule has 19 heavy (non-hydrogen) atoms. The highest BCUT2D eigenvalue weighted by Gasteiger charge is 2.16. The van der Waals surface area contributed by atoms with Gasteiger partial charge in [0, 0.05) is 0 Å². The van der Waals surface area contributed by atoms with Crippen LogP contribution in [-0.2, 0) is 15.6 Å². The van der Waals surface area contributed by atoms with E-state index in [1.54, 1.807) is 36.6 Å². The van der Waals surface area contributed by atoms with Crippen LogP contribution in [0.5, 0.6) is 0 Å². The first-order chi connectivity index (χ1) is 9.01. The highest BCUT2D eigenvalue weighted by molar-refractivity contribution is 7.98. The van der Waals surface area contributed by atoms with Crippen molar-refractivity contribution < 1.29 is 8.42 Å². The van der Waals surface area contributed by atoms with E-state index < -0.39 is 9.84 Å². The van der Waals surface area contributed by atoms with Gasteiger partial charge in [-0.15, -0.1) is 0 Å². The number of aromatic nitrogens is 2. The van der Waals surface area contributed by atoms with Gasteiger partial charge in [0.15, 0.2) is 15.0 Å². The molecule has 0 amide bonds. The molecular formula is C12H11ClN2O2S2. The fourth-order valence-electron chi connectivity index (χ4n) is 1.51. The molecule has 2 rings (SSSR count). The van der Waals surface area contributed by atoms with E-state index in [0.717, 1.165) is 0 Å². The summed E-state index contributed by atoms with van der Waals surface area (Å²) < 4.78 is 24.4. The monoisotopic (exact) mass is 314 g/mol. The van der Waals surface area contributed by atoms with Crippen molar-refractivity contribution in [1.29, 1.82) is 0 Å². The fourth-order valence-corrected chi connectivity index (χ4v) is 3.44. The van der Waals surface area contributed by atoms with Crippen molar-refractivity contribution in [2.24, 2.45) is 0 Å². The van der Waals surface area contributed by atoms with Gasteiger partial charge in [-0.25, -0.2) is 18.4 Å². The van der Waals surface area contributed by atoms with E-state index >= 15 is 0 Å². The van der Waals surface area contributed by atoms with Crippen LogP contribution in [0.25, 0.3) is 0 Å². The number of hydrogen-bond acceptors (Lipinski definition) is 5. The third kappa shape index (κ3) is 3.68. The molecule has 0 aliphatic heterocycles. The standard InChI is InChI=1S/C12H11ClN2O2S2/c1-18-12-14-9(7-11(13)15-12)8-19(16,17)10-5-3-2-4-6-10/h2-7H,8H2,1H3. The van der Waals surface area contributed by atoms with E-state index in [2.05, 4.69) is 9.97 Å². The number of benzene rings is 1. The van der Waals surface area contributed by atoms with Crippen LogP contribution in [0.3, 0.4) is 0 Å². The second-order valence-electron chi connectivity index (χ2n) is 3.74. The van der Waals surface area contributed by atoms with Crippen molar-refractivity contribution in [2.45, 2.75) is 15.8 Å². The molecule has 0 saturated heterocycles. The second-order valence-corrected chi connectivity index (χ2v) is 6.89. The minimum Gasteiger partial charge on any atom is -0.226 e. The first-order valence-corrected chi connectivity index (χ1v) is 8.62. The molecule has 7 heteroatoms. The number of hydrogen-bond donors (Lipinski definition) is 0. The van der Waals surface area contributed by atoms with Crippen molar-refractivity contribution in [3.05, 3.63) is 47.2 Å². The van der Waals surface area contributed by atoms with Crippen LogP contribution in [0.4, 0.5) is 0 Å². The molecule has 0 radical (unpaired) electrons. The van der Waals surface area contributed by atoms with E-state index in [0.29, 0.717) is 10.9 Å². The smallest absolute Gasteiger partial charge is 0.188 e. The molecule has 1 aromatic carbocycles. The normalized spacial score (nSPS) is 11.5. The SMILES string of the molecule is CSc1nc(Cl)cc(CS(=O)(=O)c2ccccc2)n1. The maximum atomic E-state index is 12.2. The Labute approximate surface area is 121 Å². The summed E-state index contributed by atoms with van der Waals surface area (Å²) in [6.07, 6.45) is 1.81. The maximum absolute atomic E-state index is 12.2. The van der Waals surface area contributed by atoms with Gasteiger partial charge >= 0.3 is 0 Å². The van der Waals surface area contributed by atoms with Gasteiger partial charge in [0.25, 0.3) is 0 Å². The van der Waals surface area contributed by atoms with E-state index in [4.69, 9.17) is 11.6 Å². The summed E-state index contributed by atoms with van der Waals surface area (Å²) in [5.41, 5.74) is 0.396. The van der Waals surface area contributed by atoms with E-state index in [1.165, 1.54) is 17.8 Å². The van der Waals surface area contributed by atoms with Crippen LogP contribution in [0.15, 0.2) is 46.5 Å². The van der Waals surface area contributed by atoms with Crippen LogP contribution >= 0.6 is 23.4 Å². The Kier molecular flexibility index (Phi) is 4.44. The summed E-state index contributed by atoms with van der Waals surface area (Å²) in [6.45, 7) is 0. The Hall–Kier alpha value is -1.11. The van der Waals surface area contributed by atoms with Crippen molar-refractivity contribution in [3.8, 4) is 0 Å². The topological polar surface area (TPSA) is 59.9 Å². The highest BCUT2D eigenvalue weighted by Crippen LogP contribution is 2.19. The molecule has 0 atom stereocenters. The van der Waals surface area contributed by atoms with Crippen molar-refractivity contribution in [1.82, 2.24) is 9.97 Å². The molecule has 0 N–H and O–H groups in total. The van der Waals surface area contributed by atoms with E-state index in [1.807, 2.05) is 0 Å². The number of halogens is 1. The van der Waals surface area contributed by atoms with Crippen molar-refractivity contribution in [2.75, 3.05) is 6.26 Å². The minimum absolute atomic E-state index is 0.188. The molecule has 2 aromatic rings. The summed E-state index contributed by atoms with van der Waals surface area (Å²) in [7, 11) is -3.41. The van der Waals surface area contributed by atoms with Gasteiger partial charge in [0.05, 0.1) is 16.3 Å². The highest BCUT2D eigenvalue weighted by atomic mass is 35.5. The molecule has 4 nitrogen and oxygen atoms in total. The predicted molar refractivity (Wildman–Crippen MR) is 76.2 cm³/mol. The lowest BCUT2D eigenvalue weighted by molar-refractivity contribution is 0.594. The van der Waals surface area contributed by atoms with Gasteiger partial charge < -0.3 is 0 Å². The van der Waals surface area contributed by atoms with Gasteiger partial charge in [-0.3, -0.25) is 0 Å². The zero-order valence-electron chi connectivity index (χ0n) is 10.1. The molecule has 0 spiro atoms. The lowest BCUT2D eigenvalue weighted by Gasteiger charge is -2.05. The summed E-state index contributed by atoms with van der Waals surface area (Å²) in [4.78, 5) is 8.40. The lowest BCUT2D eigenvalue weighted by atomic mass is 10.4. The quantitative estimate of drug-likeness (QED) is 0.493. The molecule has 1 aromatic heterocycles. The van der Waals surface area contributed by atoms with Crippen LogP contribution in [0.2, 0.25) is 5.15 Å². The number of sulfone groups is 1. The number of thioether (sulfide) groups is 1. The predicted octanol–water partition coefficient (Wildman–Crippen LogP) is 2.83. The average molecular weight is 315 g/mol. The Morgan fingerprint density at radius 3 is 2.53 bits per heavy atom. The van der Waals surface area contributed by atoms with Gasteiger partial charge in [-0.2, -0.15) is 0 Å². The second kappa shape index (κ2) is 5.90. The summed E-state index contributed by atoms with van der Waals surface area (Å²) >= 11 is 7.16. The molecule has 0 fully saturated rings. The van der Waals surface area contributed by atoms with Crippen molar-refractivity contribution in [3.63, 3.8) is 0 Å². The van der Waals surface area contributed by atoms with E-state index in [-0.39, 0.29) is 15.8 Å². The molecular weight excluding hydrogens is 304 g/mol. The Balaban J connectivity index is 2.33. The Morgan fingerprint density at radius 2 is 1.89 bits per heavy atom. The van der Waals surface area contributed by atoms with E-state index in [9.17, 15) is 8.42 Å². The van der Waals surface area contributed by atoms with Crippen LogP contribution < -0.4 is 0 Å². The molecule has 0 unspecified atom stereocenters. The largest absolute Gasteiger partial charge is 0.226 e. The third-order valence-electron chi connectivity index (χ3n) is 2.35. The zero-order valence-corrected chi connectivity index (χ0v) is 12.5. The molecule has 0 aliphatic rings.